The molecule has 4 rings (SSSR count). The van der Waals surface area contributed by atoms with Gasteiger partial charge >= 0.3 is 0 Å². The normalized spacial score (nSPS) is 18.7. The molecule has 2 saturated heterocycles. The second-order valence-corrected chi connectivity index (χ2v) is 8.93. The summed E-state index contributed by atoms with van der Waals surface area (Å²) in [6.45, 7) is 5.43. The van der Waals surface area contributed by atoms with Gasteiger partial charge in [0, 0.05) is 19.8 Å². The number of carbonyl (C=O) groups excluding carboxylic acids is 1. The summed E-state index contributed by atoms with van der Waals surface area (Å²) in [6.07, 6.45) is 5.78. The number of nitrogens with zero attached hydrogens (tertiary/aromatic N) is 1. The molecule has 0 aliphatic carbocycles. The third kappa shape index (κ3) is 5.72. The zero-order chi connectivity index (χ0) is 21.5. The summed E-state index contributed by atoms with van der Waals surface area (Å²) in [7, 11) is 0. The third-order valence-corrected chi connectivity index (χ3v) is 6.71. The number of amides is 1. The van der Waals surface area contributed by atoms with Crippen LogP contribution in [0.3, 0.4) is 0 Å². The van der Waals surface area contributed by atoms with Crippen LogP contribution >= 0.6 is 0 Å². The van der Waals surface area contributed by atoms with Gasteiger partial charge in [0.15, 0.2) is 0 Å². The van der Waals surface area contributed by atoms with Gasteiger partial charge in [0.2, 0.25) is 5.91 Å². The second kappa shape index (κ2) is 10.4. The summed E-state index contributed by atoms with van der Waals surface area (Å²) in [6, 6.07) is 14.8. The molecule has 1 amide bonds. The maximum atomic E-state index is 13.3. The highest BCUT2D eigenvalue weighted by atomic mass is 19.1. The minimum atomic E-state index is -0.423. The lowest BCUT2D eigenvalue weighted by atomic mass is 9.74. The quantitative estimate of drug-likeness (QED) is 0.638. The van der Waals surface area contributed by atoms with E-state index < -0.39 is 5.41 Å². The molecule has 2 aliphatic heterocycles. The first-order valence-corrected chi connectivity index (χ1v) is 11.6. The zero-order valence-electron chi connectivity index (χ0n) is 18.2. The zero-order valence-corrected chi connectivity index (χ0v) is 18.2. The third-order valence-electron chi connectivity index (χ3n) is 6.71. The maximum Gasteiger partial charge on any atom is 0.226 e. The summed E-state index contributed by atoms with van der Waals surface area (Å²) in [4.78, 5) is 15.8. The van der Waals surface area contributed by atoms with Gasteiger partial charge in [-0.1, -0.05) is 36.4 Å². The fourth-order valence-corrected chi connectivity index (χ4v) is 4.84. The minimum absolute atomic E-state index is 0.157. The Hall–Kier alpha value is -2.24. The molecule has 5 heteroatoms. The first kappa shape index (κ1) is 22.0. The lowest BCUT2D eigenvalue weighted by Gasteiger charge is -2.36. The second-order valence-electron chi connectivity index (χ2n) is 8.93. The van der Waals surface area contributed by atoms with Crippen molar-refractivity contribution in [1.82, 2.24) is 10.2 Å². The fourth-order valence-electron chi connectivity index (χ4n) is 4.84. The average Bonchev–Trinajstić information content (AvgIpc) is 3.31. The van der Waals surface area contributed by atoms with Crippen LogP contribution in [0.2, 0.25) is 0 Å². The number of hydrogen-bond donors (Lipinski definition) is 1. The Kier molecular flexibility index (Phi) is 7.36. The number of ether oxygens (including phenoxy) is 1. The van der Waals surface area contributed by atoms with Crippen LogP contribution in [-0.2, 0) is 16.0 Å². The van der Waals surface area contributed by atoms with E-state index in [1.165, 1.54) is 38.1 Å². The molecule has 2 heterocycles. The van der Waals surface area contributed by atoms with Crippen molar-refractivity contribution >= 4 is 5.91 Å². The van der Waals surface area contributed by atoms with Gasteiger partial charge in [0.05, 0.1) is 5.41 Å². The average molecular weight is 425 g/mol. The predicted molar refractivity (Wildman–Crippen MR) is 121 cm³/mol. The van der Waals surface area contributed by atoms with Crippen molar-refractivity contribution in [3.8, 4) is 11.1 Å². The van der Waals surface area contributed by atoms with E-state index in [1.54, 1.807) is 12.1 Å². The van der Waals surface area contributed by atoms with Crippen LogP contribution in [0.15, 0.2) is 48.5 Å². The minimum Gasteiger partial charge on any atom is -0.381 e. The molecule has 31 heavy (non-hydrogen) atoms. The van der Waals surface area contributed by atoms with E-state index in [2.05, 4.69) is 22.3 Å². The first-order chi connectivity index (χ1) is 15.1. The van der Waals surface area contributed by atoms with Crippen molar-refractivity contribution in [2.45, 2.75) is 38.5 Å². The predicted octanol–water partition coefficient (Wildman–Crippen LogP) is 4.43. The van der Waals surface area contributed by atoms with E-state index >= 15 is 0 Å². The van der Waals surface area contributed by atoms with Crippen molar-refractivity contribution in [2.24, 2.45) is 5.41 Å². The molecule has 0 bridgehead atoms. The summed E-state index contributed by atoms with van der Waals surface area (Å²) in [5, 5.41) is 3.23. The van der Waals surface area contributed by atoms with Crippen molar-refractivity contribution < 1.29 is 13.9 Å². The molecule has 0 atom stereocenters. The van der Waals surface area contributed by atoms with E-state index in [1.807, 2.05) is 12.1 Å². The summed E-state index contributed by atoms with van der Waals surface area (Å²) < 4.78 is 18.9. The van der Waals surface area contributed by atoms with Crippen molar-refractivity contribution in [1.29, 1.82) is 0 Å². The monoisotopic (exact) mass is 424 g/mol. The van der Waals surface area contributed by atoms with Crippen molar-refractivity contribution in [3.63, 3.8) is 0 Å². The molecule has 4 nitrogen and oxygen atoms in total. The van der Waals surface area contributed by atoms with Crippen LogP contribution in [0.25, 0.3) is 11.1 Å². The summed E-state index contributed by atoms with van der Waals surface area (Å²) >= 11 is 0. The van der Waals surface area contributed by atoms with Crippen molar-refractivity contribution in [3.05, 3.63) is 59.9 Å². The van der Waals surface area contributed by atoms with Crippen LogP contribution in [0.4, 0.5) is 4.39 Å². The molecular weight excluding hydrogens is 391 g/mol. The number of carbonyl (C=O) groups is 1. The molecule has 0 saturated carbocycles. The van der Waals surface area contributed by atoms with Gasteiger partial charge in [-0.15, -0.1) is 0 Å². The molecular formula is C26H33FN2O2. The Labute approximate surface area is 184 Å². The van der Waals surface area contributed by atoms with Gasteiger partial charge < -0.3 is 15.0 Å². The topological polar surface area (TPSA) is 41.6 Å². The molecule has 2 aromatic rings. The number of likely N-dealkylation sites (tertiary alicyclic amines) is 1. The van der Waals surface area contributed by atoms with Gasteiger partial charge in [0.1, 0.15) is 5.82 Å². The smallest absolute Gasteiger partial charge is 0.226 e. The van der Waals surface area contributed by atoms with Gasteiger partial charge in [0.25, 0.3) is 0 Å². The Balaban J connectivity index is 1.41. The highest BCUT2D eigenvalue weighted by Gasteiger charge is 2.39. The number of benzene rings is 2. The molecule has 166 valence electrons. The molecule has 0 aromatic heterocycles. The van der Waals surface area contributed by atoms with E-state index in [9.17, 15) is 9.18 Å². The number of rotatable bonds is 8. The first-order valence-electron chi connectivity index (χ1n) is 11.6. The molecule has 2 aliphatic rings. The Morgan fingerprint density at radius 3 is 2.52 bits per heavy atom. The number of halogens is 1. The van der Waals surface area contributed by atoms with Gasteiger partial charge in [-0.2, -0.15) is 0 Å². The maximum absolute atomic E-state index is 13.3. The molecule has 0 radical (unpaired) electrons. The van der Waals surface area contributed by atoms with Crippen LogP contribution in [0, 0.1) is 11.2 Å². The highest BCUT2D eigenvalue weighted by Crippen LogP contribution is 2.35. The summed E-state index contributed by atoms with van der Waals surface area (Å²) in [5.41, 5.74) is 2.74. The van der Waals surface area contributed by atoms with Crippen LogP contribution in [0.5, 0.6) is 0 Å². The SMILES string of the molecule is O=C(NCCCN1CCCC1)C1(Cc2cccc(-c3ccc(F)cc3)c2)CCOCC1. The Morgan fingerprint density at radius 2 is 1.77 bits per heavy atom. The van der Waals surface area contributed by atoms with E-state index in [0.29, 0.717) is 19.6 Å². The molecule has 1 N–H and O–H groups in total. The molecule has 0 spiro atoms. The lowest BCUT2D eigenvalue weighted by Crippen LogP contribution is -2.46. The van der Waals surface area contributed by atoms with Crippen LogP contribution < -0.4 is 5.32 Å². The van der Waals surface area contributed by atoms with E-state index in [4.69, 9.17) is 4.74 Å². The van der Waals surface area contributed by atoms with Crippen LogP contribution in [-0.4, -0.2) is 50.2 Å². The van der Waals surface area contributed by atoms with Gasteiger partial charge in [-0.25, -0.2) is 4.39 Å². The largest absolute Gasteiger partial charge is 0.381 e. The Morgan fingerprint density at radius 1 is 1.03 bits per heavy atom. The number of nitrogens with one attached hydrogen (secondary N) is 1. The molecule has 2 aromatic carbocycles. The number of hydrogen-bond acceptors (Lipinski definition) is 3. The van der Waals surface area contributed by atoms with Crippen LogP contribution in [0.1, 0.15) is 37.7 Å². The standard InChI is InChI=1S/C26H33FN2O2/c27-24-9-7-22(8-10-24)23-6-3-5-21(19-23)20-26(11-17-31-18-12-26)25(30)28-13-4-16-29-14-1-2-15-29/h3,5-10,19H,1-2,4,11-18,20H2,(H,28,30). The fraction of sp³-hybridized carbons (Fsp3) is 0.500. The Bertz CT molecular complexity index is 856. The highest BCUT2D eigenvalue weighted by molar-refractivity contribution is 5.83. The molecule has 0 unspecified atom stereocenters. The molecule has 2 fully saturated rings. The van der Waals surface area contributed by atoms with E-state index in [-0.39, 0.29) is 11.7 Å². The van der Waals surface area contributed by atoms with E-state index in [0.717, 1.165) is 49.0 Å². The van der Waals surface area contributed by atoms with Gasteiger partial charge in [-0.05, 0) is 87.0 Å². The van der Waals surface area contributed by atoms with Crippen molar-refractivity contribution in [2.75, 3.05) is 39.4 Å². The van der Waals surface area contributed by atoms with Gasteiger partial charge in [-0.3, -0.25) is 4.79 Å². The lowest BCUT2D eigenvalue weighted by molar-refractivity contribution is -0.136. The summed E-state index contributed by atoms with van der Waals surface area (Å²) in [5.74, 6) is -0.0770.